The second-order valence-electron chi connectivity index (χ2n) is 7.10. The van der Waals surface area contributed by atoms with E-state index in [1.54, 1.807) is 0 Å². The molecule has 0 aliphatic heterocycles. The Bertz CT molecular complexity index is 1090. The minimum atomic E-state index is 0.136. The number of aryl methyl sites for hydroxylation is 2. The van der Waals surface area contributed by atoms with Crippen molar-refractivity contribution in [2.24, 2.45) is 0 Å². The molecule has 0 fully saturated rings. The van der Waals surface area contributed by atoms with Crippen LogP contribution >= 0.6 is 0 Å². The first-order valence-electron chi connectivity index (χ1n) is 9.23. The Morgan fingerprint density at radius 3 is 2.44 bits per heavy atom. The fraction of sp³-hybridized carbons (Fsp3) is 0.167. The quantitative estimate of drug-likeness (QED) is 0.383. The molecule has 27 heavy (non-hydrogen) atoms. The van der Waals surface area contributed by atoms with Gasteiger partial charge >= 0.3 is 0 Å². The number of Topliss-reactive ketones (excluding diaryl/α,β-unsaturated/α-hetero) is 1. The van der Waals surface area contributed by atoms with Gasteiger partial charge in [0.2, 0.25) is 0 Å². The molecular formula is C24H23N2O+. The highest BCUT2D eigenvalue weighted by atomic mass is 16.1. The Morgan fingerprint density at radius 2 is 1.70 bits per heavy atom. The summed E-state index contributed by atoms with van der Waals surface area (Å²) < 4.78 is 4.29. The van der Waals surface area contributed by atoms with E-state index in [2.05, 4.69) is 64.8 Å². The number of carbonyl (C=O) groups excluding carboxylic acids is 1. The van der Waals surface area contributed by atoms with E-state index < -0.39 is 0 Å². The summed E-state index contributed by atoms with van der Waals surface area (Å²) in [5, 5.41) is 1.16. The van der Waals surface area contributed by atoms with Gasteiger partial charge in [0, 0.05) is 22.9 Å². The maximum atomic E-state index is 12.7. The number of aromatic nitrogens is 2. The third-order valence-electron chi connectivity index (χ3n) is 4.99. The molecule has 3 heteroatoms. The minimum absolute atomic E-state index is 0.136. The van der Waals surface area contributed by atoms with Crippen LogP contribution in [-0.2, 0) is 13.1 Å². The van der Waals surface area contributed by atoms with Gasteiger partial charge in [0.15, 0.2) is 24.7 Å². The summed E-state index contributed by atoms with van der Waals surface area (Å²) in [6.45, 7) is 5.29. The molecule has 4 rings (SSSR count). The van der Waals surface area contributed by atoms with Crippen molar-refractivity contribution in [2.45, 2.75) is 26.9 Å². The third kappa shape index (κ3) is 3.68. The van der Waals surface area contributed by atoms with Crippen LogP contribution in [0.15, 0.2) is 79.1 Å². The minimum Gasteiger partial charge on any atom is -0.337 e. The SMILES string of the molecule is Cc1ccc(C(=O)Cn2c(C)cc3c[n+](Cc4ccccc4)ccc32)cc1. The maximum Gasteiger partial charge on any atom is 0.182 e. The summed E-state index contributed by atoms with van der Waals surface area (Å²) in [6, 6.07) is 22.5. The molecule has 0 unspecified atom stereocenters. The number of rotatable bonds is 5. The lowest BCUT2D eigenvalue weighted by molar-refractivity contribution is -0.687. The van der Waals surface area contributed by atoms with Crippen LogP contribution in [0.2, 0.25) is 0 Å². The normalized spacial score (nSPS) is 11.0. The fourth-order valence-corrected chi connectivity index (χ4v) is 3.48. The van der Waals surface area contributed by atoms with Crippen molar-refractivity contribution in [2.75, 3.05) is 0 Å². The fourth-order valence-electron chi connectivity index (χ4n) is 3.48. The summed E-state index contributed by atoms with van der Waals surface area (Å²) in [5.41, 5.74) is 5.39. The van der Waals surface area contributed by atoms with E-state index in [0.717, 1.165) is 34.3 Å². The largest absolute Gasteiger partial charge is 0.337 e. The Morgan fingerprint density at radius 1 is 0.963 bits per heavy atom. The summed E-state index contributed by atoms with van der Waals surface area (Å²) >= 11 is 0. The van der Waals surface area contributed by atoms with E-state index in [4.69, 9.17) is 0 Å². The van der Waals surface area contributed by atoms with Crippen molar-refractivity contribution >= 4 is 16.7 Å². The summed E-state index contributed by atoms with van der Waals surface area (Å²) in [6.07, 6.45) is 4.24. The molecule has 0 N–H and O–H groups in total. The monoisotopic (exact) mass is 355 g/mol. The molecule has 2 heterocycles. The highest BCUT2D eigenvalue weighted by molar-refractivity contribution is 5.97. The summed E-state index contributed by atoms with van der Waals surface area (Å²) in [7, 11) is 0. The Kier molecular flexibility index (Phi) is 4.59. The highest BCUT2D eigenvalue weighted by Crippen LogP contribution is 2.19. The van der Waals surface area contributed by atoms with E-state index in [9.17, 15) is 4.79 Å². The number of pyridine rings is 1. The van der Waals surface area contributed by atoms with Gasteiger partial charge in [-0.1, -0.05) is 60.2 Å². The first-order valence-corrected chi connectivity index (χ1v) is 9.23. The average Bonchev–Trinajstić information content (AvgIpc) is 2.97. The number of nitrogens with zero attached hydrogens (tertiary/aromatic N) is 2. The molecule has 0 bridgehead atoms. The second kappa shape index (κ2) is 7.20. The van der Waals surface area contributed by atoms with Crippen molar-refractivity contribution in [3.8, 4) is 0 Å². The second-order valence-corrected chi connectivity index (χ2v) is 7.10. The van der Waals surface area contributed by atoms with Crippen LogP contribution in [0.25, 0.3) is 10.9 Å². The highest BCUT2D eigenvalue weighted by Gasteiger charge is 2.14. The van der Waals surface area contributed by atoms with Crippen molar-refractivity contribution < 1.29 is 9.36 Å². The molecule has 0 spiro atoms. The van der Waals surface area contributed by atoms with Crippen molar-refractivity contribution in [3.63, 3.8) is 0 Å². The van der Waals surface area contributed by atoms with Gasteiger partial charge in [-0.25, -0.2) is 4.57 Å². The lowest BCUT2D eigenvalue weighted by atomic mass is 10.1. The van der Waals surface area contributed by atoms with Crippen LogP contribution in [-0.4, -0.2) is 10.4 Å². The van der Waals surface area contributed by atoms with Crippen LogP contribution in [0.3, 0.4) is 0 Å². The molecule has 0 amide bonds. The third-order valence-corrected chi connectivity index (χ3v) is 4.99. The smallest absolute Gasteiger partial charge is 0.182 e. The summed E-state index contributed by atoms with van der Waals surface area (Å²) in [4.78, 5) is 12.7. The van der Waals surface area contributed by atoms with Gasteiger partial charge in [0.1, 0.15) is 0 Å². The van der Waals surface area contributed by atoms with Crippen LogP contribution in [0, 0.1) is 13.8 Å². The predicted octanol–water partition coefficient (Wildman–Crippen LogP) is 4.48. The standard InChI is InChI=1S/C24H23N2O/c1-18-8-10-21(11-9-18)24(27)17-26-19(2)14-22-16-25(13-12-23(22)26)15-20-6-4-3-5-7-20/h3-14,16H,15,17H2,1-2H3/q+1. The molecule has 0 saturated carbocycles. The zero-order chi connectivity index (χ0) is 18.8. The van der Waals surface area contributed by atoms with Crippen LogP contribution in [0.5, 0.6) is 0 Å². The lowest BCUT2D eigenvalue weighted by Gasteiger charge is -2.08. The van der Waals surface area contributed by atoms with E-state index in [-0.39, 0.29) is 5.78 Å². The first kappa shape index (κ1) is 17.2. The van der Waals surface area contributed by atoms with E-state index in [0.29, 0.717) is 6.54 Å². The molecule has 2 aromatic heterocycles. The van der Waals surface area contributed by atoms with E-state index >= 15 is 0 Å². The molecule has 0 atom stereocenters. The van der Waals surface area contributed by atoms with Gasteiger partial charge in [-0.15, -0.1) is 0 Å². The molecule has 2 aromatic carbocycles. The molecule has 3 nitrogen and oxygen atoms in total. The van der Waals surface area contributed by atoms with Crippen LogP contribution in [0.1, 0.15) is 27.2 Å². The van der Waals surface area contributed by atoms with Gasteiger partial charge in [0.05, 0.1) is 17.4 Å². The van der Waals surface area contributed by atoms with Crippen molar-refractivity contribution in [3.05, 3.63) is 102 Å². The molecule has 4 aromatic rings. The Balaban J connectivity index is 1.61. The number of ketones is 1. The predicted molar refractivity (Wildman–Crippen MR) is 108 cm³/mol. The molecular weight excluding hydrogens is 332 g/mol. The van der Waals surface area contributed by atoms with Gasteiger partial charge in [-0.3, -0.25) is 4.79 Å². The first-order chi connectivity index (χ1) is 13.1. The van der Waals surface area contributed by atoms with Crippen molar-refractivity contribution in [1.82, 2.24) is 4.57 Å². The number of benzene rings is 2. The average molecular weight is 355 g/mol. The molecule has 0 saturated heterocycles. The van der Waals surface area contributed by atoms with Crippen molar-refractivity contribution in [1.29, 1.82) is 0 Å². The Hall–Kier alpha value is -3.20. The van der Waals surface area contributed by atoms with E-state index in [1.165, 1.54) is 5.56 Å². The maximum absolute atomic E-state index is 12.7. The Labute approximate surface area is 159 Å². The molecule has 134 valence electrons. The van der Waals surface area contributed by atoms with Gasteiger partial charge < -0.3 is 4.57 Å². The molecule has 0 aliphatic rings. The van der Waals surface area contributed by atoms with Gasteiger partial charge in [-0.2, -0.15) is 0 Å². The molecule has 0 radical (unpaired) electrons. The zero-order valence-electron chi connectivity index (χ0n) is 15.7. The van der Waals surface area contributed by atoms with Crippen LogP contribution in [0.4, 0.5) is 0 Å². The van der Waals surface area contributed by atoms with Gasteiger partial charge in [-0.05, 0) is 19.9 Å². The van der Waals surface area contributed by atoms with Gasteiger partial charge in [0.25, 0.3) is 0 Å². The van der Waals surface area contributed by atoms with E-state index in [1.807, 2.05) is 37.3 Å². The number of carbonyl (C=O) groups is 1. The van der Waals surface area contributed by atoms with Crippen LogP contribution < -0.4 is 4.57 Å². The number of fused-ring (bicyclic) bond motifs is 1. The summed E-state index contributed by atoms with van der Waals surface area (Å²) in [5.74, 6) is 0.136. The number of hydrogen-bond acceptors (Lipinski definition) is 1. The topological polar surface area (TPSA) is 25.9 Å². The zero-order valence-corrected chi connectivity index (χ0v) is 15.7. The lowest BCUT2D eigenvalue weighted by Crippen LogP contribution is -2.33. The number of hydrogen-bond donors (Lipinski definition) is 0. The molecule has 0 aliphatic carbocycles.